The van der Waals surface area contributed by atoms with Crippen molar-refractivity contribution in [2.24, 2.45) is 0 Å². The van der Waals surface area contributed by atoms with E-state index in [9.17, 15) is 9.59 Å². The molecule has 1 aliphatic heterocycles. The lowest BCUT2D eigenvalue weighted by atomic mass is 9.79. The number of amides is 1. The average Bonchev–Trinajstić information content (AvgIpc) is 3.28. The number of nitrogens with one attached hydrogen (secondary N) is 1. The van der Waals surface area contributed by atoms with Crippen molar-refractivity contribution in [2.75, 3.05) is 17.3 Å². The average molecular weight is 428 g/mol. The van der Waals surface area contributed by atoms with Crippen LogP contribution in [0.3, 0.4) is 0 Å². The number of Topliss-reactive ketones (excluding diaryl/α,β-unsaturated/α-hetero) is 1. The van der Waals surface area contributed by atoms with Gasteiger partial charge in [-0.3, -0.25) is 14.5 Å². The second kappa shape index (κ2) is 8.04. The van der Waals surface area contributed by atoms with E-state index in [-0.39, 0.29) is 17.6 Å². The summed E-state index contributed by atoms with van der Waals surface area (Å²) in [6.45, 7) is 1.52. The molecular formula is C26H24N2O4. The Kier molecular flexibility index (Phi) is 5.05. The lowest BCUT2D eigenvalue weighted by molar-refractivity contribution is -0.117. The maximum atomic E-state index is 13.6. The number of carbonyl (C=O) groups is 2. The van der Waals surface area contributed by atoms with Gasteiger partial charge in [0.25, 0.3) is 0 Å². The van der Waals surface area contributed by atoms with E-state index < -0.39 is 6.04 Å². The summed E-state index contributed by atoms with van der Waals surface area (Å²) in [4.78, 5) is 28.1. The summed E-state index contributed by atoms with van der Waals surface area (Å²) in [5.74, 6) is 1.25. The number of ether oxygens (including phenoxy) is 1. The Bertz CT molecular complexity index is 1190. The van der Waals surface area contributed by atoms with Crippen molar-refractivity contribution in [1.29, 1.82) is 0 Å². The van der Waals surface area contributed by atoms with Crippen LogP contribution >= 0.6 is 0 Å². The summed E-state index contributed by atoms with van der Waals surface area (Å²) in [7, 11) is 1.64. The van der Waals surface area contributed by atoms with Gasteiger partial charge >= 0.3 is 0 Å². The molecule has 0 spiro atoms. The fraction of sp³-hybridized carbons (Fsp3) is 0.231. The highest BCUT2D eigenvalue weighted by atomic mass is 16.5. The summed E-state index contributed by atoms with van der Waals surface area (Å²) in [6.07, 6.45) is 2.60. The molecule has 0 bridgehead atoms. The molecule has 0 fully saturated rings. The van der Waals surface area contributed by atoms with Crippen LogP contribution in [-0.4, -0.2) is 18.8 Å². The third-order valence-corrected chi connectivity index (χ3v) is 6.23. The van der Waals surface area contributed by atoms with E-state index in [0.29, 0.717) is 24.2 Å². The number of hydrogen-bond donors (Lipinski definition) is 1. The molecule has 2 aliphatic rings. The predicted octanol–water partition coefficient (Wildman–Crippen LogP) is 5.21. The molecule has 0 unspecified atom stereocenters. The first kappa shape index (κ1) is 20.1. The normalized spacial score (nSPS) is 20.2. The van der Waals surface area contributed by atoms with Gasteiger partial charge in [-0.25, -0.2) is 0 Å². The smallest absolute Gasteiger partial charge is 0.224 e. The van der Waals surface area contributed by atoms with E-state index in [0.717, 1.165) is 28.4 Å². The number of anilines is 2. The molecule has 2 aromatic carbocycles. The Morgan fingerprint density at radius 3 is 2.53 bits per heavy atom. The molecule has 1 amide bonds. The number of benzene rings is 2. The molecule has 32 heavy (non-hydrogen) atoms. The second-order valence-corrected chi connectivity index (χ2v) is 8.14. The Morgan fingerprint density at radius 1 is 1.06 bits per heavy atom. The first-order chi connectivity index (χ1) is 15.6. The van der Waals surface area contributed by atoms with Crippen molar-refractivity contribution in [3.8, 4) is 5.75 Å². The number of carbonyl (C=O) groups excluding carboxylic acids is 2. The molecule has 6 heteroatoms. The van der Waals surface area contributed by atoms with Crippen molar-refractivity contribution in [3.05, 3.63) is 89.5 Å². The number of methoxy groups -OCH3 is 1. The summed E-state index contributed by atoms with van der Waals surface area (Å²) in [5.41, 5.74) is 4.04. The van der Waals surface area contributed by atoms with Gasteiger partial charge in [0.1, 0.15) is 17.6 Å². The zero-order valence-corrected chi connectivity index (χ0v) is 18.0. The summed E-state index contributed by atoms with van der Waals surface area (Å²) in [6, 6.07) is 18.5. The van der Waals surface area contributed by atoms with Gasteiger partial charge in [-0.1, -0.05) is 24.3 Å². The maximum Gasteiger partial charge on any atom is 0.224 e. The Morgan fingerprint density at radius 2 is 1.84 bits per heavy atom. The van der Waals surface area contributed by atoms with E-state index in [1.54, 1.807) is 24.3 Å². The molecule has 3 aromatic rings. The first-order valence-electron chi connectivity index (χ1n) is 10.7. The molecule has 5 rings (SSSR count). The van der Waals surface area contributed by atoms with Gasteiger partial charge in [-0.15, -0.1) is 0 Å². The minimum atomic E-state index is -0.613. The Labute approximate surface area is 186 Å². The van der Waals surface area contributed by atoms with Crippen LogP contribution in [0.5, 0.6) is 5.75 Å². The van der Waals surface area contributed by atoms with E-state index in [1.165, 1.54) is 6.92 Å². The summed E-state index contributed by atoms with van der Waals surface area (Å²) >= 11 is 0. The van der Waals surface area contributed by atoms with Crippen molar-refractivity contribution in [3.63, 3.8) is 0 Å². The molecule has 1 N–H and O–H groups in total. The highest BCUT2D eigenvalue weighted by Crippen LogP contribution is 2.47. The van der Waals surface area contributed by atoms with Crippen LogP contribution in [-0.2, 0) is 9.59 Å². The molecule has 1 aliphatic carbocycles. The van der Waals surface area contributed by atoms with Gasteiger partial charge in [-0.2, -0.15) is 0 Å². The maximum absolute atomic E-state index is 13.6. The first-order valence-corrected chi connectivity index (χ1v) is 10.7. The van der Waals surface area contributed by atoms with Gasteiger partial charge in [0, 0.05) is 24.6 Å². The van der Waals surface area contributed by atoms with Crippen LogP contribution in [0.15, 0.2) is 82.6 Å². The zero-order valence-electron chi connectivity index (χ0n) is 18.0. The molecule has 162 valence electrons. The van der Waals surface area contributed by atoms with Crippen LogP contribution < -0.4 is 15.0 Å². The molecule has 6 nitrogen and oxygen atoms in total. The van der Waals surface area contributed by atoms with Crippen LogP contribution in [0.25, 0.3) is 0 Å². The van der Waals surface area contributed by atoms with Gasteiger partial charge in [0.15, 0.2) is 5.78 Å². The van der Waals surface area contributed by atoms with Crippen LogP contribution in [0.1, 0.15) is 43.0 Å². The molecule has 0 radical (unpaired) electrons. The van der Waals surface area contributed by atoms with Crippen LogP contribution in [0.2, 0.25) is 0 Å². The Hall–Kier alpha value is -3.80. The minimum Gasteiger partial charge on any atom is -0.497 e. The lowest BCUT2D eigenvalue weighted by Gasteiger charge is -2.33. The van der Waals surface area contributed by atoms with Crippen LogP contribution in [0, 0.1) is 0 Å². The highest BCUT2D eigenvalue weighted by molar-refractivity contribution is 6.05. The summed E-state index contributed by atoms with van der Waals surface area (Å²) in [5, 5.41) is 3.49. The van der Waals surface area contributed by atoms with Crippen molar-refractivity contribution in [1.82, 2.24) is 0 Å². The molecule has 0 saturated heterocycles. The number of allylic oxidation sites excluding steroid dienone is 1. The van der Waals surface area contributed by atoms with E-state index in [4.69, 9.17) is 9.15 Å². The highest BCUT2D eigenvalue weighted by Gasteiger charge is 2.41. The van der Waals surface area contributed by atoms with Gasteiger partial charge in [0.05, 0.1) is 24.7 Å². The topological polar surface area (TPSA) is 71.8 Å². The number of nitrogens with zero attached hydrogens (tertiary/aromatic N) is 1. The standard InChI is InChI=1S/C26H24N2O4/c1-16(29)28-22-7-4-3-6-20(22)27-21-14-18(17-9-11-19(31-2)12-10-17)15-23(30)25(21)26(28)24-8-5-13-32-24/h3-13,18,26-27H,14-15H2,1-2H3/t18-,26+/m0/s1. The SMILES string of the molecule is COc1ccc([C@@H]2CC(=O)C3=C(C2)Nc2ccccc2N(C(C)=O)[C@@H]3c2ccco2)cc1. The van der Waals surface area contributed by atoms with Crippen molar-refractivity contribution < 1.29 is 18.7 Å². The zero-order chi connectivity index (χ0) is 22.2. The lowest BCUT2D eigenvalue weighted by Crippen LogP contribution is -2.37. The van der Waals surface area contributed by atoms with E-state index >= 15 is 0 Å². The number of hydrogen-bond acceptors (Lipinski definition) is 5. The fourth-order valence-corrected chi connectivity index (χ4v) is 4.77. The Balaban J connectivity index is 1.64. The molecule has 2 heterocycles. The quantitative estimate of drug-likeness (QED) is 0.620. The van der Waals surface area contributed by atoms with Crippen molar-refractivity contribution >= 4 is 23.1 Å². The number of para-hydroxylation sites is 2. The van der Waals surface area contributed by atoms with Gasteiger partial charge < -0.3 is 14.5 Å². The van der Waals surface area contributed by atoms with Crippen molar-refractivity contribution in [2.45, 2.75) is 31.7 Å². The summed E-state index contributed by atoms with van der Waals surface area (Å²) < 4.78 is 11.0. The number of fused-ring (bicyclic) bond motifs is 1. The molecule has 0 saturated carbocycles. The largest absolute Gasteiger partial charge is 0.497 e. The minimum absolute atomic E-state index is 0.0139. The number of rotatable bonds is 3. The number of furan rings is 1. The number of ketones is 1. The molecular weight excluding hydrogens is 404 g/mol. The third-order valence-electron chi connectivity index (χ3n) is 6.23. The predicted molar refractivity (Wildman–Crippen MR) is 122 cm³/mol. The van der Waals surface area contributed by atoms with Gasteiger partial charge in [-0.05, 0) is 54.3 Å². The third kappa shape index (κ3) is 3.38. The van der Waals surface area contributed by atoms with Crippen LogP contribution in [0.4, 0.5) is 11.4 Å². The van der Waals surface area contributed by atoms with E-state index in [2.05, 4.69) is 5.32 Å². The monoisotopic (exact) mass is 428 g/mol. The molecule has 1 aromatic heterocycles. The van der Waals surface area contributed by atoms with E-state index in [1.807, 2.05) is 54.6 Å². The second-order valence-electron chi connectivity index (χ2n) is 8.14. The fourth-order valence-electron chi connectivity index (χ4n) is 4.77. The molecule has 2 atom stereocenters. The van der Waals surface area contributed by atoms with Gasteiger partial charge in [0.2, 0.25) is 5.91 Å².